The molecule has 1 N–H and O–H groups in total. The first-order valence-corrected chi connectivity index (χ1v) is 9.96. The number of rotatable bonds is 3. The van der Waals surface area contributed by atoms with E-state index in [-0.39, 0.29) is 6.10 Å². The molecule has 1 atom stereocenters. The van der Waals surface area contributed by atoms with E-state index >= 15 is 0 Å². The number of aryl methyl sites for hydroxylation is 3. The van der Waals surface area contributed by atoms with Gasteiger partial charge in [0.2, 0.25) is 0 Å². The highest BCUT2D eigenvalue weighted by Crippen LogP contribution is 2.39. The molecule has 1 unspecified atom stereocenters. The number of piperidine rings is 1. The number of amides is 1. The van der Waals surface area contributed by atoms with E-state index < -0.39 is 6.09 Å². The van der Waals surface area contributed by atoms with E-state index in [0.29, 0.717) is 23.9 Å². The largest absolute Gasteiger partial charge is 0.488 e. The number of benzene rings is 1. The molecule has 1 amide bonds. The monoisotopic (exact) mass is 414 g/mol. The molecule has 0 aliphatic carbocycles. The van der Waals surface area contributed by atoms with Gasteiger partial charge >= 0.3 is 6.09 Å². The maximum absolute atomic E-state index is 11.4. The Morgan fingerprint density at radius 3 is 2.86 bits per heavy atom. The minimum absolute atomic E-state index is 0.207. The van der Waals surface area contributed by atoms with Gasteiger partial charge in [-0.3, -0.25) is 0 Å². The second-order valence-electron chi connectivity index (χ2n) is 7.46. The Labute approximate surface area is 173 Å². The lowest BCUT2D eigenvalue weighted by atomic mass is 10.0. The normalized spacial score (nSPS) is 17.0. The van der Waals surface area contributed by atoms with Gasteiger partial charge < -0.3 is 19.3 Å². The van der Waals surface area contributed by atoms with Crippen LogP contribution in [0.15, 0.2) is 24.4 Å². The minimum atomic E-state index is -0.911. The Morgan fingerprint density at radius 1 is 1.31 bits per heavy atom. The molecule has 7 nitrogen and oxygen atoms in total. The second kappa shape index (κ2) is 7.55. The van der Waals surface area contributed by atoms with E-state index in [0.717, 1.165) is 46.5 Å². The first-order valence-electron chi connectivity index (χ1n) is 9.58. The Balaban J connectivity index is 1.79. The van der Waals surface area contributed by atoms with Gasteiger partial charge in [0.15, 0.2) is 5.65 Å². The molecule has 3 heterocycles. The Kier molecular flexibility index (Phi) is 5.08. The van der Waals surface area contributed by atoms with Crippen LogP contribution >= 0.6 is 11.6 Å². The standard InChI is InChI=1S/C21H23ClN4O3/c1-12-9-14(22)10-17(16-6-7-23-20-18(16)24-13(2)25(20)3)19(12)29-15-5-4-8-26(11-15)21(27)28/h6-7,9-10,15H,4-5,8,11H2,1-3H3,(H,27,28). The minimum Gasteiger partial charge on any atom is -0.488 e. The van der Waals surface area contributed by atoms with Gasteiger partial charge in [0, 0.05) is 35.9 Å². The Hall–Kier alpha value is -2.80. The molecule has 0 spiro atoms. The van der Waals surface area contributed by atoms with E-state index in [4.69, 9.17) is 16.3 Å². The van der Waals surface area contributed by atoms with Crippen molar-refractivity contribution in [2.24, 2.45) is 7.05 Å². The zero-order valence-electron chi connectivity index (χ0n) is 16.6. The number of carbonyl (C=O) groups is 1. The lowest BCUT2D eigenvalue weighted by molar-refractivity contribution is 0.0791. The van der Waals surface area contributed by atoms with E-state index in [1.807, 2.05) is 43.7 Å². The predicted molar refractivity (Wildman–Crippen MR) is 112 cm³/mol. The van der Waals surface area contributed by atoms with Crippen molar-refractivity contribution in [1.29, 1.82) is 0 Å². The topological polar surface area (TPSA) is 80.5 Å². The molecular weight excluding hydrogens is 392 g/mol. The van der Waals surface area contributed by atoms with E-state index in [1.54, 1.807) is 6.20 Å². The quantitative estimate of drug-likeness (QED) is 0.685. The number of likely N-dealkylation sites (tertiary alicyclic amines) is 1. The number of aromatic nitrogens is 3. The summed E-state index contributed by atoms with van der Waals surface area (Å²) in [5, 5.41) is 9.94. The highest BCUT2D eigenvalue weighted by molar-refractivity contribution is 6.31. The zero-order chi connectivity index (χ0) is 20.7. The molecule has 1 fully saturated rings. The molecule has 1 aromatic carbocycles. The summed E-state index contributed by atoms with van der Waals surface area (Å²) in [4.78, 5) is 21.9. The first-order chi connectivity index (χ1) is 13.8. The fourth-order valence-corrected chi connectivity index (χ4v) is 4.14. The number of carboxylic acid groups (broad SMARTS) is 1. The molecule has 1 saturated heterocycles. The summed E-state index contributed by atoms with van der Waals surface area (Å²) in [6.07, 6.45) is 2.22. The van der Waals surface area contributed by atoms with Crippen LogP contribution in [0, 0.1) is 13.8 Å². The number of nitrogens with zero attached hydrogens (tertiary/aromatic N) is 4. The summed E-state index contributed by atoms with van der Waals surface area (Å²) >= 11 is 6.38. The van der Waals surface area contributed by atoms with Crippen molar-refractivity contribution in [3.05, 3.63) is 40.8 Å². The van der Waals surface area contributed by atoms with Crippen LogP contribution in [-0.4, -0.2) is 49.8 Å². The van der Waals surface area contributed by atoms with Gasteiger partial charge in [-0.25, -0.2) is 14.8 Å². The number of halogens is 1. The Bertz CT molecular complexity index is 1100. The van der Waals surface area contributed by atoms with Crippen molar-refractivity contribution in [3.8, 4) is 16.9 Å². The average Bonchev–Trinajstić information content (AvgIpc) is 2.98. The number of fused-ring (bicyclic) bond motifs is 1. The van der Waals surface area contributed by atoms with Crippen LogP contribution in [-0.2, 0) is 7.05 Å². The zero-order valence-corrected chi connectivity index (χ0v) is 17.4. The number of imidazole rings is 1. The van der Waals surface area contributed by atoms with Crippen molar-refractivity contribution < 1.29 is 14.6 Å². The van der Waals surface area contributed by atoms with Crippen LogP contribution in [0.4, 0.5) is 4.79 Å². The lowest BCUT2D eigenvalue weighted by Gasteiger charge is -2.32. The van der Waals surface area contributed by atoms with Crippen molar-refractivity contribution in [1.82, 2.24) is 19.4 Å². The summed E-state index contributed by atoms with van der Waals surface area (Å²) in [7, 11) is 1.94. The van der Waals surface area contributed by atoms with Crippen LogP contribution in [0.3, 0.4) is 0 Å². The maximum atomic E-state index is 11.4. The van der Waals surface area contributed by atoms with Crippen LogP contribution in [0.1, 0.15) is 24.2 Å². The van der Waals surface area contributed by atoms with Crippen LogP contribution in [0.25, 0.3) is 22.3 Å². The second-order valence-corrected chi connectivity index (χ2v) is 7.90. The highest BCUT2D eigenvalue weighted by Gasteiger charge is 2.26. The predicted octanol–water partition coefficient (Wildman–Crippen LogP) is 4.43. The Morgan fingerprint density at radius 2 is 2.10 bits per heavy atom. The fourth-order valence-electron chi connectivity index (χ4n) is 3.87. The smallest absolute Gasteiger partial charge is 0.407 e. The molecule has 1 aliphatic heterocycles. The number of hydrogen-bond donors (Lipinski definition) is 1. The van der Waals surface area contributed by atoms with Gasteiger partial charge in [-0.2, -0.15) is 0 Å². The third-order valence-electron chi connectivity index (χ3n) is 5.44. The van der Waals surface area contributed by atoms with Crippen molar-refractivity contribution in [2.75, 3.05) is 13.1 Å². The molecule has 8 heteroatoms. The fraction of sp³-hybridized carbons (Fsp3) is 0.381. The summed E-state index contributed by atoms with van der Waals surface area (Å²) in [5.41, 5.74) is 4.21. The van der Waals surface area contributed by atoms with Crippen molar-refractivity contribution >= 4 is 28.9 Å². The van der Waals surface area contributed by atoms with Gasteiger partial charge in [0.05, 0.1) is 6.54 Å². The summed E-state index contributed by atoms with van der Waals surface area (Å²) < 4.78 is 8.32. The van der Waals surface area contributed by atoms with Gasteiger partial charge in [-0.15, -0.1) is 0 Å². The molecule has 1 aliphatic rings. The third-order valence-corrected chi connectivity index (χ3v) is 5.66. The number of pyridine rings is 1. The molecule has 0 radical (unpaired) electrons. The molecule has 3 aromatic rings. The van der Waals surface area contributed by atoms with Crippen molar-refractivity contribution in [3.63, 3.8) is 0 Å². The molecule has 0 bridgehead atoms. The van der Waals surface area contributed by atoms with E-state index in [2.05, 4.69) is 9.97 Å². The van der Waals surface area contributed by atoms with Gasteiger partial charge in [-0.1, -0.05) is 11.6 Å². The number of ether oxygens (including phenoxy) is 1. The van der Waals surface area contributed by atoms with Crippen LogP contribution in [0.2, 0.25) is 5.02 Å². The van der Waals surface area contributed by atoms with Gasteiger partial charge in [-0.05, 0) is 50.5 Å². The SMILES string of the molecule is Cc1cc(Cl)cc(-c2ccnc3c2nc(C)n3C)c1OC1CCCN(C(=O)O)C1. The third kappa shape index (κ3) is 3.62. The lowest BCUT2D eigenvalue weighted by Crippen LogP contribution is -2.43. The van der Waals surface area contributed by atoms with Crippen molar-refractivity contribution in [2.45, 2.75) is 32.8 Å². The van der Waals surface area contributed by atoms with Gasteiger partial charge in [0.25, 0.3) is 0 Å². The molecule has 152 valence electrons. The van der Waals surface area contributed by atoms with E-state index in [9.17, 15) is 9.90 Å². The summed E-state index contributed by atoms with van der Waals surface area (Å²) in [6.45, 7) is 4.78. The molecule has 0 saturated carbocycles. The molecule has 2 aromatic heterocycles. The average molecular weight is 415 g/mol. The van der Waals surface area contributed by atoms with Crippen LogP contribution in [0.5, 0.6) is 5.75 Å². The van der Waals surface area contributed by atoms with E-state index in [1.165, 1.54) is 4.90 Å². The number of hydrogen-bond acceptors (Lipinski definition) is 4. The summed E-state index contributed by atoms with van der Waals surface area (Å²) in [5.74, 6) is 1.58. The molecular formula is C21H23ClN4O3. The maximum Gasteiger partial charge on any atom is 0.407 e. The molecule has 4 rings (SSSR count). The molecule has 29 heavy (non-hydrogen) atoms. The van der Waals surface area contributed by atoms with Gasteiger partial charge in [0.1, 0.15) is 23.2 Å². The summed E-state index contributed by atoms with van der Waals surface area (Å²) in [6, 6.07) is 5.65. The highest BCUT2D eigenvalue weighted by atomic mass is 35.5. The first kappa shape index (κ1) is 19.5. The van der Waals surface area contributed by atoms with Crippen LogP contribution < -0.4 is 4.74 Å².